The van der Waals surface area contributed by atoms with E-state index in [0.29, 0.717) is 18.1 Å². The molecule has 7 nitrogen and oxygen atoms in total. The first-order chi connectivity index (χ1) is 17.3. The van der Waals surface area contributed by atoms with E-state index in [4.69, 9.17) is 9.47 Å². The van der Waals surface area contributed by atoms with E-state index in [1.165, 1.54) is 0 Å². The number of amides is 1. The zero-order valence-corrected chi connectivity index (χ0v) is 21.8. The normalized spacial score (nSPS) is 17.6. The molecule has 2 heterocycles. The molecule has 2 saturated heterocycles. The van der Waals surface area contributed by atoms with Gasteiger partial charge in [-0.1, -0.05) is 30.3 Å². The summed E-state index contributed by atoms with van der Waals surface area (Å²) in [5.41, 5.74) is 2.26. The minimum Gasteiger partial charge on any atom is -0.456 e. The number of piperidine rings is 1. The van der Waals surface area contributed by atoms with E-state index in [2.05, 4.69) is 9.80 Å². The lowest BCUT2D eigenvalue weighted by molar-refractivity contribution is 0.00694. The third-order valence-electron chi connectivity index (χ3n) is 6.83. The molecule has 0 bridgehead atoms. The third kappa shape index (κ3) is 7.47. The molecule has 0 unspecified atom stereocenters. The smallest absolute Gasteiger partial charge is 0.410 e. The lowest BCUT2D eigenvalue weighted by atomic mass is 9.95. The molecule has 0 atom stereocenters. The molecule has 0 aliphatic carbocycles. The molecule has 0 radical (unpaired) electrons. The van der Waals surface area contributed by atoms with E-state index in [9.17, 15) is 9.59 Å². The van der Waals surface area contributed by atoms with Crippen LogP contribution in [-0.4, -0.2) is 73.3 Å². The SMILES string of the molecule is CC(C)(C)OC(=O)c1ccc(N2CCC(CN3CCN(C(=O)OCc4ccccc4)CC3)CC2)cc1. The van der Waals surface area contributed by atoms with E-state index in [1.54, 1.807) is 0 Å². The Hall–Kier alpha value is -3.06. The van der Waals surface area contributed by atoms with Crippen molar-refractivity contribution in [3.8, 4) is 0 Å². The molecule has 1 amide bonds. The van der Waals surface area contributed by atoms with Gasteiger partial charge in [0.25, 0.3) is 0 Å². The minimum absolute atomic E-state index is 0.218. The van der Waals surface area contributed by atoms with Gasteiger partial charge in [0.15, 0.2) is 0 Å². The molecule has 2 aromatic carbocycles. The van der Waals surface area contributed by atoms with Crippen LogP contribution in [0.25, 0.3) is 0 Å². The average Bonchev–Trinajstić information content (AvgIpc) is 2.88. The summed E-state index contributed by atoms with van der Waals surface area (Å²) < 4.78 is 10.9. The molecule has 2 fully saturated rings. The van der Waals surface area contributed by atoms with Crippen LogP contribution in [0.1, 0.15) is 49.5 Å². The number of nitrogens with zero attached hydrogens (tertiary/aromatic N) is 3. The standard InChI is InChI=1S/C29H39N3O4/c1-29(2,3)36-27(33)25-9-11-26(12-10-25)31-15-13-23(14-16-31)21-30-17-19-32(20-18-30)28(34)35-22-24-7-5-4-6-8-24/h4-12,23H,13-22H2,1-3H3. The van der Waals surface area contributed by atoms with Crippen molar-refractivity contribution < 1.29 is 19.1 Å². The maximum absolute atomic E-state index is 12.4. The highest BCUT2D eigenvalue weighted by molar-refractivity contribution is 5.90. The molecular weight excluding hydrogens is 454 g/mol. The van der Waals surface area contributed by atoms with Crippen molar-refractivity contribution in [1.29, 1.82) is 0 Å². The number of anilines is 1. The molecule has 0 saturated carbocycles. The number of piperazine rings is 1. The summed E-state index contributed by atoms with van der Waals surface area (Å²) in [7, 11) is 0. The van der Waals surface area contributed by atoms with E-state index in [1.807, 2.05) is 80.3 Å². The number of esters is 1. The third-order valence-corrected chi connectivity index (χ3v) is 6.83. The predicted octanol–water partition coefficient (Wildman–Crippen LogP) is 4.81. The van der Waals surface area contributed by atoms with Crippen LogP contribution in [0.2, 0.25) is 0 Å². The summed E-state index contributed by atoms with van der Waals surface area (Å²) in [5.74, 6) is 0.385. The van der Waals surface area contributed by atoms with Gasteiger partial charge in [-0.15, -0.1) is 0 Å². The van der Waals surface area contributed by atoms with E-state index in [0.717, 1.165) is 69.9 Å². The average molecular weight is 494 g/mol. The lowest BCUT2D eigenvalue weighted by Crippen LogP contribution is -2.50. The van der Waals surface area contributed by atoms with Crippen LogP contribution in [-0.2, 0) is 16.1 Å². The van der Waals surface area contributed by atoms with E-state index >= 15 is 0 Å². The van der Waals surface area contributed by atoms with E-state index in [-0.39, 0.29) is 12.1 Å². The van der Waals surface area contributed by atoms with Gasteiger partial charge in [0, 0.05) is 51.5 Å². The minimum atomic E-state index is -0.490. The molecule has 4 rings (SSSR count). The quantitative estimate of drug-likeness (QED) is 0.538. The van der Waals surface area contributed by atoms with Gasteiger partial charge in [0.1, 0.15) is 12.2 Å². The van der Waals surface area contributed by atoms with Gasteiger partial charge < -0.3 is 19.3 Å². The van der Waals surface area contributed by atoms with Gasteiger partial charge in [-0.25, -0.2) is 9.59 Å². The van der Waals surface area contributed by atoms with Crippen LogP contribution in [0.15, 0.2) is 54.6 Å². The highest BCUT2D eigenvalue weighted by Gasteiger charge is 2.26. The van der Waals surface area contributed by atoms with Crippen LogP contribution >= 0.6 is 0 Å². The second-order valence-corrected chi connectivity index (χ2v) is 10.8. The molecular formula is C29H39N3O4. The Morgan fingerprint density at radius 1 is 0.861 bits per heavy atom. The summed E-state index contributed by atoms with van der Waals surface area (Å²) in [4.78, 5) is 31.4. The van der Waals surface area contributed by atoms with Gasteiger partial charge in [0.05, 0.1) is 5.56 Å². The fourth-order valence-corrected chi connectivity index (χ4v) is 4.81. The fraction of sp³-hybridized carbons (Fsp3) is 0.517. The first kappa shape index (κ1) is 26.0. The summed E-state index contributed by atoms with van der Waals surface area (Å²) in [6.45, 7) is 12.3. The second kappa shape index (κ2) is 11.8. The summed E-state index contributed by atoms with van der Waals surface area (Å²) in [6, 6.07) is 17.6. The lowest BCUT2D eigenvalue weighted by Gasteiger charge is -2.39. The van der Waals surface area contributed by atoms with Crippen molar-refractivity contribution in [2.75, 3.05) is 50.7 Å². The van der Waals surface area contributed by atoms with Gasteiger partial charge in [0.2, 0.25) is 0 Å². The molecule has 2 aromatic rings. The topological polar surface area (TPSA) is 62.3 Å². The zero-order valence-electron chi connectivity index (χ0n) is 21.8. The van der Waals surface area contributed by atoms with Crippen LogP contribution in [0.3, 0.4) is 0 Å². The summed E-state index contributed by atoms with van der Waals surface area (Å²) >= 11 is 0. The van der Waals surface area contributed by atoms with Crippen molar-refractivity contribution >= 4 is 17.7 Å². The molecule has 0 spiro atoms. The maximum Gasteiger partial charge on any atom is 0.410 e. The maximum atomic E-state index is 12.4. The Morgan fingerprint density at radius 2 is 1.50 bits per heavy atom. The highest BCUT2D eigenvalue weighted by atomic mass is 16.6. The van der Waals surface area contributed by atoms with E-state index < -0.39 is 5.60 Å². The summed E-state index contributed by atoms with van der Waals surface area (Å²) in [5, 5.41) is 0. The van der Waals surface area contributed by atoms with Gasteiger partial charge in [-0.05, 0) is 69.4 Å². The van der Waals surface area contributed by atoms with Crippen molar-refractivity contribution in [3.05, 3.63) is 65.7 Å². The molecule has 2 aliphatic heterocycles. The number of hydrogen-bond acceptors (Lipinski definition) is 6. The first-order valence-corrected chi connectivity index (χ1v) is 13.0. The zero-order chi connectivity index (χ0) is 25.5. The van der Waals surface area contributed by atoms with Crippen LogP contribution < -0.4 is 4.90 Å². The number of carbonyl (C=O) groups is 2. The van der Waals surface area contributed by atoms with Gasteiger partial charge >= 0.3 is 12.1 Å². The number of carbonyl (C=O) groups excluding carboxylic acids is 2. The molecule has 0 aromatic heterocycles. The Kier molecular flexibility index (Phi) is 8.52. The number of ether oxygens (including phenoxy) is 2. The Labute approximate surface area is 215 Å². The highest BCUT2D eigenvalue weighted by Crippen LogP contribution is 2.25. The van der Waals surface area contributed by atoms with Crippen molar-refractivity contribution in [2.24, 2.45) is 5.92 Å². The van der Waals surface area contributed by atoms with Gasteiger partial charge in [-0.3, -0.25) is 4.90 Å². The Balaban J connectivity index is 1.16. The van der Waals surface area contributed by atoms with Crippen LogP contribution in [0.5, 0.6) is 0 Å². The summed E-state index contributed by atoms with van der Waals surface area (Å²) in [6.07, 6.45) is 2.07. The molecule has 194 valence electrons. The monoisotopic (exact) mass is 493 g/mol. The van der Waals surface area contributed by atoms with Crippen LogP contribution in [0.4, 0.5) is 10.5 Å². The first-order valence-electron chi connectivity index (χ1n) is 13.0. The molecule has 7 heteroatoms. The van der Waals surface area contributed by atoms with Gasteiger partial charge in [-0.2, -0.15) is 0 Å². The fourth-order valence-electron chi connectivity index (χ4n) is 4.81. The number of hydrogen-bond donors (Lipinski definition) is 0. The Bertz CT molecular complexity index is 987. The number of rotatable bonds is 6. The van der Waals surface area contributed by atoms with Crippen LogP contribution in [0, 0.1) is 5.92 Å². The Morgan fingerprint density at radius 3 is 2.11 bits per heavy atom. The van der Waals surface area contributed by atoms with Crippen molar-refractivity contribution in [1.82, 2.24) is 9.80 Å². The predicted molar refractivity (Wildman–Crippen MR) is 141 cm³/mol. The molecule has 0 N–H and O–H groups in total. The number of benzene rings is 2. The molecule has 36 heavy (non-hydrogen) atoms. The van der Waals surface area contributed by atoms with Crippen molar-refractivity contribution in [3.63, 3.8) is 0 Å². The second-order valence-electron chi connectivity index (χ2n) is 10.8. The largest absolute Gasteiger partial charge is 0.456 e. The molecule has 2 aliphatic rings. The van der Waals surface area contributed by atoms with Crippen molar-refractivity contribution in [2.45, 2.75) is 45.8 Å².